The highest BCUT2D eigenvalue weighted by Crippen LogP contribution is 2.60. The first-order chi connectivity index (χ1) is 19.4. The molecule has 0 spiro atoms. The molecule has 5 nitrogen and oxygen atoms in total. The zero-order chi connectivity index (χ0) is 31.5. The Morgan fingerprint density at radius 1 is 1.25 bits per heavy atom. The minimum atomic E-state index is -2.98. The van der Waals surface area contributed by atoms with Crippen LogP contribution in [0.2, 0.25) is 0 Å². The third kappa shape index (κ3) is 7.57. The van der Waals surface area contributed by atoms with Crippen molar-refractivity contribution in [3.05, 3.63) is 35.5 Å². The molecule has 0 radical (unpaired) electrons. The van der Waals surface area contributed by atoms with Gasteiger partial charge in [0.25, 0.3) is 0 Å². The van der Waals surface area contributed by atoms with E-state index >= 15 is 0 Å². The fourth-order valence-electron chi connectivity index (χ4n) is 7.03. The molecular formula is C31H48O5. The molecule has 3 aliphatic rings. The third-order valence-electron chi connectivity index (χ3n) is 8.93. The summed E-state index contributed by atoms with van der Waals surface area (Å²) in [4.78, 5) is 22.8. The molecule has 0 aromatic heterocycles. The normalized spacial score (nSPS) is 35.1. The van der Waals surface area contributed by atoms with E-state index in [1.165, 1.54) is 5.57 Å². The second-order valence-corrected chi connectivity index (χ2v) is 11.6. The maximum atomic E-state index is 12.1. The highest BCUT2D eigenvalue weighted by atomic mass is 16.5. The van der Waals surface area contributed by atoms with Crippen LogP contribution in [0.1, 0.15) is 119 Å². The molecule has 36 heavy (non-hydrogen) atoms. The summed E-state index contributed by atoms with van der Waals surface area (Å²) in [5, 5.41) is 19.4. The molecule has 0 saturated heterocycles. The average Bonchev–Trinajstić information content (AvgIpc) is 3.24. The number of rotatable bonds is 10. The van der Waals surface area contributed by atoms with Crippen LogP contribution in [-0.4, -0.2) is 33.9 Å². The van der Waals surface area contributed by atoms with Crippen molar-refractivity contribution in [2.24, 2.45) is 23.2 Å². The third-order valence-corrected chi connectivity index (χ3v) is 8.93. The number of carboxylic acid groups (broad SMARTS) is 1. The lowest BCUT2D eigenvalue weighted by Gasteiger charge is -2.44. The summed E-state index contributed by atoms with van der Waals surface area (Å²) in [6.45, 7) is 2.80. The summed E-state index contributed by atoms with van der Waals surface area (Å²) in [7, 11) is 0. The van der Waals surface area contributed by atoms with Gasteiger partial charge in [-0.1, -0.05) is 56.6 Å². The summed E-state index contributed by atoms with van der Waals surface area (Å²) >= 11 is 0. The largest absolute Gasteiger partial charge is 0.481 e. The molecule has 0 bridgehead atoms. The molecule has 0 aromatic rings. The van der Waals surface area contributed by atoms with Crippen LogP contribution in [0, 0.1) is 23.2 Å². The summed E-state index contributed by atoms with van der Waals surface area (Å²) < 4.78 is 51.3. The van der Waals surface area contributed by atoms with Crippen LogP contribution in [0.25, 0.3) is 0 Å². The van der Waals surface area contributed by atoms with Crippen LogP contribution < -0.4 is 0 Å². The topological polar surface area (TPSA) is 83.8 Å². The molecule has 3 rings (SSSR count). The zero-order valence-electron chi connectivity index (χ0n) is 28.0. The number of hydrogen-bond donors (Lipinski definition) is 2. The second-order valence-electron chi connectivity index (χ2n) is 11.6. The minimum absolute atomic E-state index is 0.0954. The van der Waals surface area contributed by atoms with Crippen molar-refractivity contribution in [2.45, 2.75) is 123 Å². The number of ether oxygens (including phenoxy) is 1. The number of carbonyl (C=O) groups excluding carboxylic acids is 1. The van der Waals surface area contributed by atoms with Crippen LogP contribution in [-0.2, 0) is 14.3 Å². The number of esters is 1. The van der Waals surface area contributed by atoms with Gasteiger partial charge in [0.1, 0.15) is 6.10 Å². The number of aliphatic carboxylic acids is 1. The van der Waals surface area contributed by atoms with Crippen LogP contribution in [0.15, 0.2) is 35.5 Å². The van der Waals surface area contributed by atoms with Gasteiger partial charge >= 0.3 is 11.9 Å². The fraction of sp³-hybridized carbons (Fsp3) is 0.742. The van der Waals surface area contributed by atoms with Gasteiger partial charge in [-0.15, -0.1) is 0 Å². The molecule has 3 fully saturated rings. The first kappa shape index (κ1) is 21.1. The van der Waals surface area contributed by atoms with Crippen molar-refractivity contribution < 1.29 is 32.8 Å². The molecule has 2 N–H and O–H groups in total. The smallest absolute Gasteiger partial charge is 0.306 e. The minimum Gasteiger partial charge on any atom is -0.481 e. The number of allylic oxidation sites excluding steroid dienone is 4. The lowest BCUT2D eigenvalue weighted by Crippen LogP contribution is -2.36. The van der Waals surface area contributed by atoms with Crippen molar-refractivity contribution >= 4 is 11.9 Å². The van der Waals surface area contributed by atoms with Gasteiger partial charge in [0, 0.05) is 14.6 Å². The van der Waals surface area contributed by atoms with E-state index in [0.29, 0.717) is 37.5 Å². The Kier molecular flexibility index (Phi) is 7.10. The SMILES string of the molecule is [2H]C([2H])([2H])C(O)(CCC[C@@H](C)[C@H]1CC[C@H]2/C(=C/C=C3/C[C@@H](OC(=O)CCC(=O)O)CCC3=C)CCC[C@]12C)C([2H])([2H])[2H]. The van der Waals surface area contributed by atoms with E-state index in [1.54, 1.807) is 0 Å². The molecule has 202 valence electrons. The van der Waals surface area contributed by atoms with Gasteiger partial charge in [-0.25, -0.2) is 0 Å². The van der Waals surface area contributed by atoms with Crippen LogP contribution in [0.5, 0.6) is 0 Å². The van der Waals surface area contributed by atoms with Gasteiger partial charge in [0.15, 0.2) is 0 Å². The molecule has 5 atom stereocenters. The van der Waals surface area contributed by atoms with Crippen molar-refractivity contribution in [2.75, 3.05) is 0 Å². The summed E-state index contributed by atoms with van der Waals surface area (Å²) in [6.07, 6.45) is 11.8. The van der Waals surface area contributed by atoms with Gasteiger partial charge in [0.05, 0.1) is 18.4 Å². The Morgan fingerprint density at radius 3 is 2.75 bits per heavy atom. The number of carbonyl (C=O) groups is 2. The predicted molar refractivity (Wildman–Crippen MR) is 143 cm³/mol. The molecule has 0 unspecified atom stereocenters. The highest BCUT2D eigenvalue weighted by molar-refractivity contribution is 5.76. The van der Waals surface area contributed by atoms with Crippen molar-refractivity contribution in [3.8, 4) is 0 Å². The summed E-state index contributed by atoms with van der Waals surface area (Å²) in [5.74, 6) is -0.382. The lowest BCUT2D eigenvalue weighted by atomic mass is 9.60. The van der Waals surface area contributed by atoms with E-state index in [1.807, 2.05) is 0 Å². The first-order valence-electron chi connectivity index (χ1n) is 16.6. The highest BCUT2D eigenvalue weighted by Gasteiger charge is 2.50. The van der Waals surface area contributed by atoms with Crippen molar-refractivity contribution in [1.29, 1.82) is 0 Å². The summed E-state index contributed by atoms with van der Waals surface area (Å²) in [5.41, 5.74) is 0.914. The average molecular weight is 507 g/mol. The Balaban J connectivity index is 1.65. The monoisotopic (exact) mass is 506 g/mol. The van der Waals surface area contributed by atoms with Gasteiger partial charge in [0.2, 0.25) is 0 Å². The standard InChI is InChI=1S/C31H48O5/c1-21-10-13-25(36-29(34)17-16-28(32)33)20-24(21)12-11-23-9-7-19-31(5)26(14-15-27(23)31)22(2)8-6-18-30(3,4)35/h11-12,22,25-27,35H,1,6-10,13-20H2,2-5H3,(H,32,33)/b23-11+,24-12-/t22-,25+,26-,27+,31-/m1/s1/i3D3,4D3. The number of aliphatic hydroxyl groups is 1. The number of hydrogen-bond acceptors (Lipinski definition) is 4. The van der Waals surface area contributed by atoms with Crippen LogP contribution >= 0.6 is 0 Å². The summed E-state index contributed by atoms with van der Waals surface area (Å²) in [6, 6.07) is 0. The Morgan fingerprint density at radius 2 is 2.03 bits per heavy atom. The van der Waals surface area contributed by atoms with E-state index in [0.717, 1.165) is 49.7 Å². The molecule has 0 heterocycles. The van der Waals surface area contributed by atoms with E-state index in [2.05, 4.69) is 32.6 Å². The van der Waals surface area contributed by atoms with E-state index in [4.69, 9.17) is 18.1 Å². The van der Waals surface area contributed by atoms with Crippen molar-refractivity contribution in [1.82, 2.24) is 0 Å². The Hall–Kier alpha value is -1.88. The lowest BCUT2D eigenvalue weighted by molar-refractivity contribution is -0.152. The quantitative estimate of drug-likeness (QED) is 0.307. The van der Waals surface area contributed by atoms with Gasteiger partial charge in [-0.2, -0.15) is 0 Å². The zero-order valence-corrected chi connectivity index (χ0v) is 22.0. The second kappa shape index (κ2) is 12.1. The van der Waals surface area contributed by atoms with Gasteiger partial charge < -0.3 is 14.9 Å². The molecule has 3 saturated carbocycles. The molecule has 0 amide bonds. The van der Waals surface area contributed by atoms with E-state index < -0.39 is 31.2 Å². The molecular weight excluding hydrogens is 452 g/mol. The maximum absolute atomic E-state index is 12.1. The predicted octanol–water partition coefficient (Wildman–Crippen LogP) is 7.15. The molecule has 3 aliphatic carbocycles. The molecule has 0 aliphatic heterocycles. The molecule has 5 heteroatoms. The molecule has 0 aromatic carbocycles. The van der Waals surface area contributed by atoms with E-state index in [9.17, 15) is 14.7 Å². The van der Waals surface area contributed by atoms with Crippen LogP contribution in [0.4, 0.5) is 0 Å². The number of carboxylic acids is 1. The fourth-order valence-corrected chi connectivity index (χ4v) is 7.03. The Labute approximate surface area is 226 Å². The van der Waals surface area contributed by atoms with Gasteiger partial charge in [-0.3, -0.25) is 9.59 Å². The first-order valence-corrected chi connectivity index (χ1v) is 13.6. The van der Waals surface area contributed by atoms with Crippen molar-refractivity contribution in [3.63, 3.8) is 0 Å². The van der Waals surface area contributed by atoms with Crippen LogP contribution in [0.3, 0.4) is 0 Å². The van der Waals surface area contributed by atoms with E-state index in [-0.39, 0.29) is 36.7 Å². The Bertz CT molecular complexity index is 1060. The van der Waals surface area contributed by atoms with Gasteiger partial charge in [-0.05, 0) is 93.8 Å². The maximum Gasteiger partial charge on any atom is 0.306 e. The number of fused-ring (bicyclic) bond motifs is 1.